The number of hydrogen-bond acceptors (Lipinski definition) is 2. The summed E-state index contributed by atoms with van der Waals surface area (Å²) in [7, 11) is -4.12. The molecular formula is C6H15O4P. The van der Waals surface area contributed by atoms with Gasteiger partial charge in [0.25, 0.3) is 0 Å². The van der Waals surface area contributed by atoms with Gasteiger partial charge in [0.2, 0.25) is 0 Å². The lowest BCUT2D eigenvalue weighted by molar-refractivity contribution is 0.0252. The SMILES string of the molecule is CCCOC(C)(C)P(=O)(O)O. The van der Waals surface area contributed by atoms with Gasteiger partial charge in [-0.3, -0.25) is 4.57 Å². The Labute approximate surface area is 66.7 Å². The first-order chi connectivity index (χ1) is 4.81. The van der Waals surface area contributed by atoms with Crippen molar-refractivity contribution in [2.75, 3.05) is 6.61 Å². The van der Waals surface area contributed by atoms with E-state index >= 15 is 0 Å². The summed E-state index contributed by atoms with van der Waals surface area (Å²) in [5.74, 6) is 0. The number of hydrogen-bond donors (Lipinski definition) is 2. The van der Waals surface area contributed by atoms with E-state index in [1.165, 1.54) is 13.8 Å². The van der Waals surface area contributed by atoms with Crippen LogP contribution in [-0.2, 0) is 9.30 Å². The lowest BCUT2D eigenvalue weighted by Gasteiger charge is -2.25. The summed E-state index contributed by atoms with van der Waals surface area (Å²) in [5.41, 5.74) is 0. The summed E-state index contributed by atoms with van der Waals surface area (Å²) in [5, 5.41) is -1.34. The van der Waals surface area contributed by atoms with Crippen LogP contribution in [0, 0.1) is 0 Å². The van der Waals surface area contributed by atoms with E-state index in [0.717, 1.165) is 6.42 Å². The predicted octanol–water partition coefficient (Wildman–Crippen LogP) is 1.33. The maximum atomic E-state index is 10.7. The summed E-state index contributed by atoms with van der Waals surface area (Å²) in [6, 6.07) is 0. The molecule has 4 nitrogen and oxygen atoms in total. The molecular weight excluding hydrogens is 167 g/mol. The van der Waals surface area contributed by atoms with Crippen molar-refractivity contribution >= 4 is 7.60 Å². The smallest absolute Gasteiger partial charge is 0.356 e. The Morgan fingerprint density at radius 2 is 1.91 bits per heavy atom. The Kier molecular flexibility index (Phi) is 3.71. The van der Waals surface area contributed by atoms with Crippen LogP contribution < -0.4 is 0 Å². The van der Waals surface area contributed by atoms with Gasteiger partial charge < -0.3 is 14.5 Å². The summed E-state index contributed by atoms with van der Waals surface area (Å²) in [4.78, 5) is 17.5. The van der Waals surface area contributed by atoms with Crippen molar-refractivity contribution in [3.8, 4) is 0 Å². The summed E-state index contributed by atoms with van der Waals surface area (Å²) < 4.78 is 15.7. The van der Waals surface area contributed by atoms with Crippen LogP contribution >= 0.6 is 7.60 Å². The third-order valence-electron chi connectivity index (χ3n) is 1.36. The van der Waals surface area contributed by atoms with E-state index < -0.39 is 12.9 Å². The molecule has 0 saturated carbocycles. The molecule has 5 heteroatoms. The highest BCUT2D eigenvalue weighted by atomic mass is 31.2. The van der Waals surface area contributed by atoms with Gasteiger partial charge in [0, 0.05) is 6.61 Å². The summed E-state index contributed by atoms with van der Waals surface area (Å²) in [6.07, 6.45) is 0.753. The van der Waals surface area contributed by atoms with E-state index in [0.29, 0.717) is 6.61 Å². The molecule has 68 valence electrons. The van der Waals surface area contributed by atoms with Gasteiger partial charge >= 0.3 is 7.60 Å². The number of rotatable bonds is 4. The molecule has 0 spiro atoms. The van der Waals surface area contributed by atoms with Crippen molar-refractivity contribution in [2.24, 2.45) is 0 Å². The van der Waals surface area contributed by atoms with Crippen molar-refractivity contribution in [1.82, 2.24) is 0 Å². The van der Waals surface area contributed by atoms with Crippen LogP contribution in [0.4, 0.5) is 0 Å². The van der Waals surface area contributed by atoms with Crippen LogP contribution in [0.5, 0.6) is 0 Å². The molecule has 0 saturated heterocycles. The van der Waals surface area contributed by atoms with E-state index in [1.54, 1.807) is 0 Å². The zero-order valence-electron chi connectivity index (χ0n) is 7.07. The highest BCUT2D eigenvalue weighted by molar-refractivity contribution is 7.53. The summed E-state index contributed by atoms with van der Waals surface area (Å²) in [6.45, 7) is 5.04. The fourth-order valence-corrected chi connectivity index (χ4v) is 0.695. The Bertz CT molecular complexity index is 160. The standard InChI is InChI=1S/C6H15O4P/c1-4-5-10-6(2,3)11(7,8)9/h4-5H2,1-3H3,(H2,7,8,9). The average Bonchev–Trinajstić information content (AvgIpc) is 1.81. The molecule has 0 aliphatic carbocycles. The predicted molar refractivity (Wildman–Crippen MR) is 42.4 cm³/mol. The van der Waals surface area contributed by atoms with E-state index in [4.69, 9.17) is 14.5 Å². The molecule has 0 aromatic heterocycles. The molecule has 0 amide bonds. The van der Waals surface area contributed by atoms with Crippen molar-refractivity contribution in [2.45, 2.75) is 32.5 Å². The lowest BCUT2D eigenvalue weighted by Crippen LogP contribution is -2.24. The van der Waals surface area contributed by atoms with Crippen LogP contribution in [0.3, 0.4) is 0 Å². The third kappa shape index (κ3) is 3.34. The number of ether oxygens (including phenoxy) is 1. The molecule has 0 aromatic carbocycles. The second-order valence-electron chi connectivity index (χ2n) is 2.84. The first kappa shape index (κ1) is 11.1. The Morgan fingerprint density at radius 3 is 2.18 bits per heavy atom. The topological polar surface area (TPSA) is 66.8 Å². The molecule has 0 aliphatic rings. The fraction of sp³-hybridized carbons (Fsp3) is 1.00. The van der Waals surface area contributed by atoms with Gasteiger partial charge in [-0.05, 0) is 20.3 Å². The highest BCUT2D eigenvalue weighted by Gasteiger charge is 2.38. The van der Waals surface area contributed by atoms with Gasteiger partial charge in [-0.2, -0.15) is 0 Å². The van der Waals surface area contributed by atoms with Gasteiger partial charge in [-0.25, -0.2) is 0 Å². The molecule has 0 aromatic rings. The van der Waals surface area contributed by atoms with E-state index in [1.807, 2.05) is 6.92 Å². The fourth-order valence-electron chi connectivity index (χ4n) is 0.436. The van der Waals surface area contributed by atoms with Gasteiger partial charge in [0.1, 0.15) is 0 Å². The van der Waals surface area contributed by atoms with E-state index in [2.05, 4.69) is 0 Å². The molecule has 11 heavy (non-hydrogen) atoms. The van der Waals surface area contributed by atoms with Crippen LogP contribution in [0.25, 0.3) is 0 Å². The minimum Gasteiger partial charge on any atom is -0.363 e. The van der Waals surface area contributed by atoms with Crippen LogP contribution in [0.1, 0.15) is 27.2 Å². The monoisotopic (exact) mass is 182 g/mol. The Hall–Kier alpha value is 0.110. The lowest BCUT2D eigenvalue weighted by atomic mass is 10.4. The molecule has 0 aliphatic heterocycles. The van der Waals surface area contributed by atoms with Crippen molar-refractivity contribution in [1.29, 1.82) is 0 Å². The summed E-state index contributed by atoms with van der Waals surface area (Å²) >= 11 is 0. The maximum absolute atomic E-state index is 10.7. The van der Waals surface area contributed by atoms with Crippen molar-refractivity contribution < 1.29 is 19.1 Å². The minimum atomic E-state index is -4.12. The van der Waals surface area contributed by atoms with Gasteiger partial charge in [0.05, 0.1) is 0 Å². The molecule has 0 rings (SSSR count). The highest BCUT2D eigenvalue weighted by Crippen LogP contribution is 2.50. The van der Waals surface area contributed by atoms with Crippen LogP contribution in [0.15, 0.2) is 0 Å². The first-order valence-electron chi connectivity index (χ1n) is 3.51. The van der Waals surface area contributed by atoms with E-state index in [-0.39, 0.29) is 0 Å². The minimum absolute atomic E-state index is 0.373. The third-order valence-corrected chi connectivity index (χ3v) is 2.89. The second kappa shape index (κ2) is 3.68. The van der Waals surface area contributed by atoms with Crippen LogP contribution in [-0.4, -0.2) is 21.7 Å². The zero-order chi connectivity index (χ0) is 9.12. The molecule has 2 N–H and O–H groups in total. The molecule has 0 unspecified atom stereocenters. The van der Waals surface area contributed by atoms with Crippen LogP contribution in [0.2, 0.25) is 0 Å². The molecule has 0 heterocycles. The van der Waals surface area contributed by atoms with Gasteiger partial charge in [0.15, 0.2) is 5.34 Å². The normalized spacial score (nSPS) is 13.5. The largest absolute Gasteiger partial charge is 0.363 e. The Morgan fingerprint density at radius 1 is 1.45 bits per heavy atom. The van der Waals surface area contributed by atoms with E-state index in [9.17, 15) is 4.57 Å². The van der Waals surface area contributed by atoms with Gasteiger partial charge in [-0.1, -0.05) is 6.92 Å². The first-order valence-corrected chi connectivity index (χ1v) is 5.12. The van der Waals surface area contributed by atoms with Gasteiger partial charge in [-0.15, -0.1) is 0 Å². The molecule has 0 radical (unpaired) electrons. The molecule has 0 fully saturated rings. The second-order valence-corrected chi connectivity index (χ2v) is 5.00. The quantitative estimate of drug-likeness (QED) is 0.643. The zero-order valence-corrected chi connectivity index (χ0v) is 7.97. The Balaban J connectivity index is 4.11. The van der Waals surface area contributed by atoms with Crippen molar-refractivity contribution in [3.05, 3.63) is 0 Å². The maximum Gasteiger partial charge on any atom is 0.356 e. The average molecular weight is 182 g/mol. The molecule has 0 bridgehead atoms. The van der Waals surface area contributed by atoms with Crippen molar-refractivity contribution in [3.63, 3.8) is 0 Å². The molecule has 0 atom stereocenters.